The van der Waals surface area contributed by atoms with Gasteiger partial charge in [-0.25, -0.2) is 0 Å². The van der Waals surface area contributed by atoms with Crippen LogP contribution in [-0.2, 0) is 25.7 Å². The molecule has 0 radical (unpaired) electrons. The molecule has 7 nitrogen and oxygen atoms in total. The number of aliphatic hydroxyl groups is 1. The van der Waals surface area contributed by atoms with Crippen LogP contribution in [0.2, 0.25) is 0 Å². The maximum atomic E-state index is 12.7. The molecular formula is C21H29F3N2O5. The van der Waals surface area contributed by atoms with Crippen LogP contribution in [0.15, 0.2) is 24.3 Å². The van der Waals surface area contributed by atoms with E-state index in [9.17, 15) is 27.6 Å². The normalized spacial score (nSPS) is 12.7. The topological polar surface area (TPSA) is 105 Å². The van der Waals surface area contributed by atoms with Gasteiger partial charge in [-0.15, -0.1) is 0 Å². The standard InChI is InChI=1S/C21H29F3N2O5/c1-20(2,3)31-17(28)12-15(6-4-5-11-25-19(30)21(22,23)24)18(29)26-16-9-7-14(13-27)8-10-16/h7-10,15,27H,4-6,11-13H2,1-3H3,(H,25,30)(H,26,29). The van der Waals surface area contributed by atoms with Crippen LogP contribution in [0.4, 0.5) is 18.9 Å². The molecule has 1 rings (SSSR count). The van der Waals surface area contributed by atoms with Crippen LogP contribution in [0.1, 0.15) is 52.0 Å². The van der Waals surface area contributed by atoms with E-state index < -0.39 is 35.5 Å². The quantitative estimate of drug-likeness (QED) is 0.378. The Morgan fingerprint density at radius 1 is 1.06 bits per heavy atom. The van der Waals surface area contributed by atoms with Crippen LogP contribution in [0, 0.1) is 5.92 Å². The van der Waals surface area contributed by atoms with Crippen molar-refractivity contribution < 1.29 is 37.4 Å². The van der Waals surface area contributed by atoms with E-state index in [1.54, 1.807) is 50.4 Å². The number of rotatable bonds is 10. The van der Waals surface area contributed by atoms with Crippen molar-refractivity contribution in [3.8, 4) is 0 Å². The third-order valence-corrected chi connectivity index (χ3v) is 4.13. The molecule has 0 aliphatic heterocycles. The first-order chi connectivity index (χ1) is 14.3. The van der Waals surface area contributed by atoms with Crippen molar-refractivity contribution in [3.05, 3.63) is 29.8 Å². The van der Waals surface area contributed by atoms with E-state index in [4.69, 9.17) is 9.84 Å². The Hall–Kier alpha value is -2.62. The monoisotopic (exact) mass is 446 g/mol. The number of carbonyl (C=O) groups excluding carboxylic acids is 3. The molecule has 1 atom stereocenters. The highest BCUT2D eigenvalue weighted by Crippen LogP contribution is 2.20. The third-order valence-electron chi connectivity index (χ3n) is 4.13. The molecule has 0 bridgehead atoms. The number of alkyl halides is 3. The Labute approximate surface area is 179 Å². The van der Waals surface area contributed by atoms with E-state index in [1.165, 1.54) is 0 Å². The van der Waals surface area contributed by atoms with E-state index in [1.807, 2.05) is 0 Å². The molecule has 2 amide bonds. The summed E-state index contributed by atoms with van der Waals surface area (Å²) in [6.45, 7) is 4.77. The predicted octanol–water partition coefficient (Wildman–Crippen LogP) is 3.31. The molecule has 0 heterocycles. The second-order valence-corrected chi connectivity index (χ2v) is 8.08. The van der Waals surface area contributed by atoms with Gasteiger partial charge in [-0.3, -0.25) is 14.4 Å². The van der Waals surface area contributed by atoms with E-state index in [0.29, 0.717) is 17.7 Å². The Morgan fingerprint density at radius 3 is 2.19 bits per heavy atom. The molecule has 1 aromatic rings. The summed E-state index contributed by atoms with van der Waals surface area (Å²) in [6, 6.07) is 6.50. The van der Waals surface area contributed by atoms with Crippen molar-refractivity contribution in [2.75, 3.05) is 11.9 Å². The van der Waals surface area contributed by atoms with E-state index in [0.717, 1.165) is 0 Å². The number of halogens is 3. The molecule has 0 spiro atoms. The molecule has 31 heavy (non-hydrogen) atoms. The number of benzene rings is 1. The van der Waals surface area contributed by atoms with Gasteiger partial charge in [0.2, 0.25) is 5.91 Å². The van der Waals surface area contributed by atoms with Gasteiger partial charge in [-0.05, 0) is 51.3 Å². The summed E-state index contributed by atoms with van der Waals surface area (Å²) < 4.78 is 41.9. The number of nitrogens with one attached hydrogen (secondary N) is 2. The minimum atomic E-state index is -4.94. The lowest BCUT2D eigenvalue weighted by molar-refractivity contribution is -0.173. The summed E-state index contributed by atoms with van der Waals surface area (Å²) in [5.74, 6) is -3.76. The number of carbonyl (C=O) groups is 3. The molecule has 1 aromatic carbocycles. The molecule has 3 N–H and O–H groups in total. The summed E-state index contributed by atoms with van der Waals surface area (Å²) in [7, 11) is 0. The van der Waals surface area contributed by atoms with E-state index >= 15 is 0 Å². The maximum Gasteiger partial charge on any atom is 0.471 e. The number of unbranched alkanes of at least 4 members (excludes halogenated alkanes) is 1. The number of ether oxygens (including phenoxy) is 1. The first-order valence-electron chi connectivity index (χ1n) is 9.89. The van der Waals surface area contributed by atoms with Crippen molar-refractivity contribution in [1.82, 2.24) is 5.32 Å². The van der Waals surface area contributed by atoms with Crippen LogP contribution in [0.3, 0.4) is 0 Å². The van der Waals surface area contributed by atoms with Crippen molar-refractivity contribution in [3.63, 3.8) is 0 Å². The lowest BCUT2D eigenvalue weighted by Crippen LogP contribution is -2.37. The van der Waals surface area contributed by atoms with Gasteiger partial charge in [0.25, 0.3) is 0 Å². The first-order valence-corrected chi connectivity index (χ1v) is 9.89. The van der Waals surface area contributed by atoms with Crippen molar-refractivity contribution in [2.45, 2.75) is 64.8 Å². The second-order valence-electron chi connectivity index (χ2n) is 8.08. The number of aliphatic hydroxyl groups excluding tert-OH is 1. The molecule has 0 aromatic heterocycles. The fourth-order valence-electron chi connectivity index (χ4n) is 2.67. The highest BCUT2D eigenvalue weighted by atomic mass is 19.4. The molecule has 0 saturated carbocycles. The van der Waals surface area contributed by atoms with Crippen molar-refractivity contribution in [2.24, 2.45) is 5.92 Å². The smallest absolute Gasteiger partial charge is 0.460 e. The Morgan fingerprint density at radius 2 is 1.68 bits per heavy atom. The van der Waals surface area contributed by atoms with Crippen LogP contribution >= 0.6 is 0 Å². The number of esters is 1. The highest BCUT2D eigenvalue weighted by Gasteiger charge is 2.38. The maximum absolute atomic E-state index is 12.7. The molecule has 1 unspecified atom stereocenters. The summed E-state index contributed by atoms with van der Waals surface area (Å²) in [5.41, 5.74) is 0.429. The fraction of sp³-hybridized carbons (Fsp3) is 0.571. The number of hydrogen-bond acceptors (Lipinski definition) is 5. The zero-order valence-corrected chi connectivity index (χ0v) is 17.8. The summed E-state index contributed by atoms with van der Waals surface area (Å²) >= 11 is 0. The van der Waals surface area contributed by atoms with Gasteiger partial charge < -0.3 is 20.5 Å². The van der Waals surface area contributed by atoms with Gasteiger partial charge >= 0.3 is 18.1 Å². The average Bonchev–Trinajstić information content (AvgIpc) is 2.65. The summed E-state index contributed by atoms with van der Waals surface area (Å²) in [5, 5.41) is 13.5. The van der Waals surface area contributed by atoms with Gasteiger partial charge in [0.15, 0.2) is 0 Å². The molecule has 0 aliphatic carbocycles. The first kappa shape index (κ1) is 26.4. The van der Waals surface area contributed by atoms with Gasteiger partial charge in [0.1, 0.15) is 5.60 Å². The van der Waals surface area contributed by atoms with Gasteiger partial charge in [0.05, 0.1) is 13.0 Å². The van der Waals surface area contributed by atoms with E-state index in [2.05, 4.69) is 5.32 Å². The Kier molecular flexibility index (Phi) is 9.96. The minimum absolute atomic E-state index is 0.139. The zero-order valence-electron chi connectivity index (χ0n) is 17.8. The average molecular weight is 446 g/mol. The lowest BCUT2D eigenvalue weighted by Gasteiger charge is -2.22. The molecule has 0 saturated heterocycles. The Bertz CT molecular complexity index is 743. The SMILES string of the molecule is CC(C)(C)OC(=O)CC(CCCCNC(=O)C(F)(F)F)C(=O)Nc1ccc(CO)cc1. The summed E-state index contributed by atoms with van der Waals surface area (Å²) in [4.78, 5) is 35.7. The largest absolute Gasteiger partial charge is 0.471 e. The second kappa shape index (κ2) is 11.7. The zero-order chi connectivity index (χ0) is 23.7. The molecule has 10 heteroatoms. The van der Waals surface area contributed by atoms with Crippen molar-refractivity contribution in [1.29, 1.82) is 0 Å². The van der Waals surface area contributed by atoms with Crippen molar-refractivity contribution >= 4 is 23.5 Å². The van der Waals surface area contributed by atoms with E-state index in [-0.39, 0.29) is 32.4 Å². The number of amides is 2. The number of hydrogen-bond donors (Lipinski definition) is 3. The predicted molar refractivity (Wildman–Crippen MR) is 108 cm³/mol. The third kappa shape index (κ3) is 10.8. The molecular weight excluding hydrogens is 417 g/mol. The molecule has 174 valence electrons. The lowest BCUT2D eigenvalue weighted by atomic mass is 9.97. The van der Waals surface area contributed by atoms with Gasteiger partial charge in [0, 0.05) is 18.2 Å². The highest BCUT2D eigenvalue weighted by molar-refractivity contribution is 5.94. The van der Waals surface area contributed by atoms with Crippen LogP contribution in [0.5, 0.6) is 0 Å². The molecule has 0 fully saturated rings. The van der Waals surface area contributed by atoms with Crippen LogP contribution in [0.25, 0.3) is 0 Å². The summed E-state index contributed by atoms with van der Waals surface area (Å²) in [6.07, 6.45) is -4.37. The number of anilines is 1. The Balaban J connectivity index is 2.67. The molecule has 0 aliphatic rings. The van der Waals surface area contributed by atoms with Gasteiger partial charge in [-0.2, -0.15) is 13.2 Å². The fourth-order valence-corrected chi connectivity index (χ4v) is 2.67. The minimum Gasteiger partial charge on any atom is -0.460 e. The van der Waals surface area contributed by atoms with Crippen LogP contribution in [-0.4, -0.2) is 41.2 Å². The van der Waals surface area contributed by atoms with Crippen LogP contribution < -0.4 is 10.6 Å². The van der Waals surface area contributed by atoms with Gasteiger partial charge in [-0.1, -0.05) is 18.6 Å².